The lowest BCUT2D eigenvalue weighted by atomic mass is 9.80. The van der Waals surface area contributed by atoms with E-state index in [2.05, 4.69) is 0 Å². The van der Waals surface area contributed by atoms with Gasteiger partial charge in [0.15, 0.2) is 11.6 Å². The van der Waals surface area contributed by atoms with E-state index in [0.717, 1.165) is 19.3 Å². The Morgan fingerprint density at radius 3 is 2.71 bits per heavy atom. The van der Waals surface area contributed by atoms with E-state index in [-0.39, 0.29) is 22.3 Å². The Labute approximate surface area is 86.9 Å². The van der Waals surface area contributed by atoms with Crippen molar-refractivity contribution in [2.24, 2.45) is 5.92 Å². The maximum Gasteiger partial charge on any atom is 0.168 e. The normalized spacial score (nSPS) is 16.4. The van der Waals surface area contributed by atoms with E-state index in [1.165, 1.54) is 12.1 Å². The number of carbonyl (C=O) groups excluding carboxylic acids is 1. The summed E-state index contributed by atoms with van der Waals surface area (Å²) in [5, 5.41) is 0.0233. The zero-order valence-corrected chi connectivity index (χ0v) is 8.35. The van der Waals surface area contributed by atoms with Crippen molar-refractivity contribution in [2.45, 2.75) is 19.3 Å². The third-order valence-corrected chi connectivity index (χ3v) is 2.98. The van der Waals surface area contributed by atoms with Gasteiger partial charge in [-0.2, -0.15) is 0 Å². The molecule has 0 saturated heterocycles. The lowest BCUT2D eigenvalue weighted by Crippen LogP contribution is -2.22. The monoisotopic (exact) mass is 212 g/mol. The van der Waals surface area contributed by atoms with Crippen molar-refractivity contribution in [1.82, 2.24) is 0 Å². The fourth-order valence-electron chi connectivity index (χ4n) is 1.58. The van der Waals surface area contributed by atoms with Crippen LogP contribution in [0.4, 0.5) is 4.39 Å². The molecule has 1 nitrogen and oxygen atoms in total. The first kappa shape index (κ1) is 9.66. The molecule has 1 aromatic rings. The number of benzene rings is 1. The summed E-state index contributed by atoms with van der Waals surface area (Å²) in [5.41, 5.74) is 0.141. The molecule has 1 aliphatic carbocycles. The Hall–Kier alpha value is -0.890. The molecule has 0 heterocycles. The molecule has 1 aromatic carbocycles. The van der Waals surface area contributed by atoms with Crippen LogP contribution < -0.4 is 0 Å². The Morgan fingerprint density at radius 1 is 1.43 bits per heavy atom. The number of halogens is 2. The van der Waals surface area contributed by atoms with Crippen molar-refractivity contribution in [3.05, 3.63) is 34.6 Å². The van der Waals surface area contributed by atoms with Crippen molar-refractivity contribution in [1.29, 1.82) is 0 Å². The van der Waals surface area contributed by atoms with Crippen LogP contribution in [0.15, 0.2) is 18.2 Å². The van der Waals surface area contributed by atoms with E-state index in [4.69, 9.17) is 11.6 Å². The molecule has 0 spiro atoms. The summed E-state index contributed by atoms with van der Waals surface area (Å²) in [4.78, 5) is 11.7. The second-order valence-corrected chi connectivity index (χ2v) is 4.00. The molecule has 1 saturated carbocycles. The van der Waals surface area contributed by atoms with Gasteiger partial charge < -0.3 is 0 Å². The van der Waals surface area contributed by atoms with Crippen LogP contribution in [-0.2, 0) is 0 Å². The molecular formula is C11H10ClFO. The van der Waals surface area contributed by atoms with Crippen molar-refractivity contribution in [2.75, 3.05) is 0 Å². The lowest BCUT2D eigenvalue weighted by molar-refractivity contribution is 0.0851. The maximum absolute atomic E-state index is 13.4. The topological polar surface area (TPSA) is 17.1 Å². The van der Waals surface area contributed by atoms with Gasteiger partial charge in [-0.3, -0.25) is 4.79 Å². The first-order valence-corrected chi connectivity index (χ1v) is 5.06. The van der Waals surface area contributed by atoms with Crippen LogP contribution in [0, 0.1) is 11.7 Å². The van der Waals surface area contributed by atoms with Crippen LogP contribution >= 0.6 is 11.6 Å². The maximum atomic E-state index is 13.4. The Balaban J connectivity index is 2.31. The first-order chi connectivity index (χ1) is 6.70. The van der Waals surface area contributed by atoms with E-state index in [1.807, 2.05) is 0 Å². The highest BCUT2D eigenvalue weighted by Gasteiger charge is 2.28. The van der Waals surface area contributed by atoms with Gasteiger partial charge in [0, 0.05) is 5.92 Å². The van der Waals surface area contributed by atoms with Crippen LogP contribution in [0.1, 0.15) is 29.6 Å². The molecule has 0 amide bonds. The molecule has 3 heteroatoms. The zero-order valence-electron chi connectivity index (χ0n) is 7.59. The van der Waals surface area contributed by atoms with Gasteiger partial charge in [-0.25, -0.2) is 4.39 Å². The number of hydrogen-bond acceptors (Lipinski definition) is 1. The Kier molecular flexibility index (Phi) is 2.55. The van der Waals surface area contributed by atoms with Gasteiger partial charge in [-0.05, 0) is 25.0 Å². The van der Waals surface area contributed by atoms with Crippen LogP contribution in [0.5, 0.6) is 0 Å². The van der Waals surface area contributed by atoms with Gasteiger partial charge in [0.2, 0.25) is 0 Å². The van der Waals surface area contributed by atoms with Gasteiger partial charge in [0.25, 0.3) is 0 Å². The second-order valence-electron chi connectivity index (χ2n) is 3.59. The quantitative estimate of drug-likeness (QED) is 0.687. The van der Waals surface area contributed by atoms with Gasteiger partial charge in [-0.15, -0.1) is 0 Å². The molecule has 0 N–H and O–H groups in total. The highest BCUT2D eigenvalue weighted by atomic mass is 35.5. The molecule has 1 fully saturated rings. The number of Topliss-reactive ketones (excluding diaryl/α,β-unsaturated/α-hetero) is 1. The molecule has 0 atom stereocenters. The van der Waals surface area contributed by atoms with Gasteiger partial charge in [-0.1, -0.05) is 24.1 Å². The van der Waals surface area contributed by atoms with Crippen molar-refractivity contribution >= 4 is 17.4 Å². The molecule has 14 heavy (non-hydrogen) atoms. The molecule has 2 rings (SSSR count). The number of ketones is 1. The third-order valence-electron chi connectivity index (χ3n) is 2.69. The Morgan fingerprint density at radius 2 is 2.14 bits per heavy atom. The fourth-order valence-corrected chi connectivity index (χ4v) is 1.76. The predicted molar refractivity (Wildman–Crippen MR) is 53.1 cm³/mol. The smallest absolute Gasteiger partial charge is 0.168 e. The van der Waals surface area contributed by atoms with E-state index in [9.17, 15) is 9.18 Å². The predicted octanol–water partition coefficient (Wildman–Crippen LogP) is 3.46. The number of carbonyl (C=O) groups is 1. The summed E-state index contributed by atoms with van der Waals surface area (Å²) in [7, 11) is 0. The van der Waals surface area contributed by atoms with E-state index in [0.29, 0.717) is 0 Å². The summed E-state index contributed by atoms with van der Waals surface area (Å²) < 4.78 is 13.4. The average molecular weight is 213 g/mol. The largest absolute Gasteiger partial charge is 0.294 e. The first-order valence-electron chi connectivity index (χ1n) is 4.68. The minimum absolute atomic E-state index is 0.0166. The minimum atomic E-state index is -0.578. The zero-order chi connectivity index (χ0) is 10.1. The SMILES string of the molecule is O=C(c1cccc(Cl)c1F)C1CCC1. The van der Waals surface area contributed by atoms with Crippen LogP contribution in [0.3, 0.4) is 0 Å². The third kappa shape index (κ3) is 1.55. The summed E-state index contributed by atoms with van der Waals surface area (Å²) in [6.07, 6.45) is 2.83. The minimum Gasteiger partial charge on any atom is -0.294 e. The number of hydrogen-bond donors (Lipinski definition) is 0. The highest BCUT2D eigenvalue weighted by molar-refractivity contribution is 6.31. The van der Waals surface area contributed by atoms with E-state index in [1.54, 1.807) is 6.07 Å². The van der Waals surface area contributed by atoms with Crippen LogP contribution in [0.2, 0.25) is 5.02 Å². The summed E-state index contributed by atoms with van der Waals surface area (Å²) in [6, 6.07) is 4.56. The lowest BCUT2D eigenvalue weighted by Gasteiger charge is -2.23. The van der Waals surface area contributed by atoms with Crippen molar-refractivity contribution in [3.8, 4) is 0 Å². The summed E-state index contributed by atoms with van der Waals surface area (Å²) in [6.45, 7) is 0. The molecular weight excluding hydrogens is 203 g/mol. The molecule has 0 bridgehead atoms. The molecule has 0 unspecified atom stereocenters. The fraction of sp³-hybridized carbons (Fsp3) is 0.364. The van der Waals surface area contributed by atoms with E-state index >= 15 is 0 Å². The summed E-state index contributed by atoms with van der Waals surface area (Å²) >= 11 is 5.60. The molecule has 0 aliphatic heterocycles. The molecule has 0 aromatic heterocycles. The van der Waals surface area contributed by atoms with Gasteiger partial charge in [0.05, 0.1) is 10.6 Å². The van der Waals surface area contributed by atoms with Crippen LogP contribution in [0.25, 0.3) is 0 Å². The van der Waals surface area contributed by atoms with E-state index < -0.39 is 5.82 Å². The number of rotatable bonds is 2. The summed E-state index contributed by atoms with van der Waals surface area (Å²) in [5.74, 6) is -0.662. The van der Waals surface area contributed by atoms with Crippen molar-refractivity contribution < 1.29 is 9.18 Å². The second kappa shape index (κ2) is 3.70. The molecule has 74 valence electrons. The van der Waals surface area contributed by atoms with Crippen molar-refractivity contribution in [3.63, 3.8) is 0 Å². The van der Waals surface area contributed by atoms with Crippen LogP contribution in [-0.4, -0.2) is 5.78 Å². The highest BCUT2D eigenvalue weighted by Crippen LogP contribution is 2.31. The average Bonchev–Trinajstić information content (AvgIpc) is 2.06. The Bertz CT molecular complexity index is 372. The van der Waals surface area contributed by atoms with Gasteiger partial charge in [0.1, 0.15) is 0 Å². The molecule has 1 aliphatic rings. The standard InChI is InChI=1S/C11H10ClFO/c12-9-6-2-5-8(10(9)13)11(14)7-3-1-4-7/h2,5-7H,1,3-4H2. The molecule has 0 radical (unpaired) electrons. The van der Waals surface area contributed by atoms with Gasteiger partial charge >= 0.3 is 0 Å².